The zero-order valence-corrected chi connectivity index (χ0v) is 13.5. The van der Waals surface area contributed by atoms with Gasteiger partial charge in [-0.15, -0.1) is 0 Å². The summed E-state index contributed by atoms with van der Waals surface area (Å²) in [6.45, 7) is 0. The van der Waals surface area contributed by atoms with Crippen molar-refractivity contribution in [1.82, 2.24) is 4.98 Å². The van der Waals surface area contributed by atoms with Crippen molar-refractivity contribution in [2.24, 2.45) is 0 Å². The number of aromatic nitrogens is 1. The van der Waals surface area contributed by atoms with Gasteiger partial charge in [0, 0.05) is 23.2 Å². The molecule has 0 aliphatic carbocycles. The smallest absolute Gasteiger partial charge is 0.135 e. The standard InChI is InChI=1S/C23H15NO/c1-2-4-22-20(3-1)21-15-19(9-10-23(21)25-22)17-7-5-16(6-8-17)18-11-13-24-14-12-18/h1-15H. The molecule has 2 heterocycles. The minimum absolute atomic E-state index is 0.929. The van der Waals surface area contributed by atoms with E-state index in [0.29, 0.717) is 0 Å². The summed E-state index contributed by atoms with van der Waals surface area (Å²) in [6, 6.07) is 27.3. The minimum Gasteiger partial charge on any atom is -0.456 e. The highest BCUT2D eigenvalue weighted by Gasteiger charge is 2.08. The Morgan fingerprint density at radius 1 is 0.520 bits per heavy atom. The van der Waals surface area contributed by atoms with E-state index in [4.69, 9.17) is 4.42 Å². The first-order valence-electron chi connectivity index (χ1n) is 8.31. The van der Waals surface area contributed by atoms with Crippen molar-refractivity contribution in [2.45, 2.75) is 0 Å². The van der Waals surface area contributed by atoms with E-state index in [1.807, 2.05) is 42.7 Å². The molecule has 0 atom stereocenters. The maximum Gasteiger partial charge on any atom is 0.135 e. The van der Waals surface area contributed by atoms with E-state index in [1.165, 1.54) is 22.3 Å². The summed E-state index contributed by atoms with van der Waals surface area (Å²) in [4.78, 5) is 4.08. The predicted molar refractivity (Wildman–Crippen MR) is 102 cm³/mol. The third kappa shape index (κ3) is 2.39. The Balaban J connectivity index is 1.59. The average Bonchev–Trinajstić information content (AvgIpc) is 3.07. The predicted octanol–water partition coefficient (Wildman–Crippen LogP) is 6.32. The number of fused-ring (bicyclic) bond motifs is 3. The fraction of sp³-hybridized carbons (Fsp3) is 0. The second-order valence-electron chi connectivity index (χ2n) is 6.12. The lowest BCUT2D eigenvalue weighted by molar-refractivity contribution is 0.669. The monoisotopic (exact) mass is 321 g/mol. The Labute approximate surface area is 145 Å². The second kappa shape index (κ2) is 5.60. The molecule has 5 rings (SSSR count). The lowest BCUT2D eigenvalue weighted by atomic mass is 9.99. The maximum atomic E-state index is 5.91. The van der Waals surface area contributed by atoms with Crippen molar-refractivity contribution in [2.75, 3.05) is 0 Å². The van der Waals surface area contributed by atoms with Gasteiger partial charge in [0.05, 0.1) is 0 Å². The number of furan rings is 1. The quantitative estimate of drug-likeness (QED) is 0.380. The van der Waals surface area contributed by atoms with E-state index in [-0.39, 0.29) is 0 Å². The van der Waals surface area contributed by atoms with Gasteiger partial charge in [-0.2, -0.15) is 0 Å². The first kappa shape index (κ1) is 14.0. The van der Waals surface area contributed by atoms with Crippen LogP contribution in [0.1, 0.15) is 0 Å². The molecule has 3 aromatic carbocycles. The summed E-state index contributed by atoms with van der Waals surface area (Å²) in [5, 5.41) is 2.32. The summed E-state index contributed by atoms with van der Waals surface area (Å²) < 4.78 is 5.91. The van der Waals surface area contributed by atoms with Crippen molar-refractivity contribution >= 4 is 21.9 Å². The molecule has 0 fully saturated rings. The third-order valence-corrected chi connectivity index (χ3v) is 4.61. The van der Waals surface area contributed by atoms with Gasteiger partial charge in [-0.05, 0) is 52.6 Å². The van der Waals surface area contributed by atoms with E-state index < -0.39 is 0 Å². The summed E-state index contributed by atoms with van der Waals surface area (Å²) in [6.07, 6.45) is 3.64. The molecule has 0 amide bonds. The van der Waals surface area contributed by atoms with Crippen LogP contribution in [0.3, 0.4) is 0 Å². The van der Waals surface area contributed by atoms with Gasteiger partial charge in [-0.25, -0.2) is 0 Å². The van der Waals surface area contributed by atoms with Gasteiger partial charge in [-0.3, -0.25) is 4.98 Å². The van der Waals surface area contributed by atoms with Crippen LogP contribution in [0.25, 0.3) is 44.2 Å². The Hall–Kier alpha value is -3.39. The normalized spacial score (nSPS) is 11.2. The first-order valence-corrected chi connectivity index (χ1v) is 8.31. The summed E-state index contributed by atoms with van der Waals surface area (Å²) in [5.41, 5.74) is 6.63. The van der Waals surface area contributed by atoms with E-state index in [9.17, 15) is 0 Å². The summed E-state index contributed by atoms with van der Waals surface area (Å²) in [7, 11) is 0. The number of para-hydroxylation sites is 1. The molecule has 0 aliphatic rings. The molecule has 0 bridgehead atoms. The SMILES string of the molecule is c1ccc2c(c1)oc1ccc(-c3ccc(-c4ccncc4)cc3)cc12. The van der Waals surface area contributed by atoms with Gasteiger partial charge >= 0.3 is 0 Å². The first-order chi connectivity index (χ1) is 12.4. The van der Waals surface area contributed by atoms with E-state index in [0.717, 1.165) is 21.9 Å². The van der Waals surface area contributed by atoms with Crippen LogP contribution in [-0.2, 0) is 0 Å². The van der Waals surface area contributed by atoms with Gasteiger partial charge in [-0.1, -0.05) is 48.5 Å². The number of nitrogens with zero attached hydrogens (tertiary/aromatic N) is 1. The molecule has 118 valence electrons. The van der Waals surface area contributed by atoms with Crippen LogP contribution in [-0.4, -0.2) is 4.98 Å². The molecule has 5 aromatic rings. The van der Waals surface area contributed by atoms with Crippen LogP contribution in [0.15, 0.2) is 95.7 Å². The van der Waals surface area contributed by atoms with Crippen molar-refractivity contribution in [3.63, 3.8) is 0 Å². The van der Waals surface area contributed by atoms with Crippen LogP contribution in [0.2, 0.25) is 0 Å². The summed E-state index contributed by atoms with van der Waals surface area (Å²) >= 11 is 0. The molecule has 25 heavy (non-hydrogen) atoms. The third-order valence-electron chi connectivity index (χ3n) is 4.61. The van der Waals surface area contributed by atoms with Crippen LogP contribution >= 0.6 is 0 Å². The number of pyridine rings is 1. The number of benzene rings is 3. The van der Waals surface area contributed by atoms with Crippen molar-refractivity contribution in [1.29, 1.82) is 0 Å². The molecule has 0 unspecified atom stereocenters. The van der Waals surface area contributed by atoms with Gasteiger partial charge in [0.15, 0.2) is 0 Å². The zero-order valence-electron chi connectivity index (χ0n) is 13.5. The van der Waals surface area contributed by atoms with Crippen LogP contribution < -0.4 is 0 Å². The molecule has 0 saturated carbocycles. The average molecular weight is 321 g/mol. The molecular formula is C23H15NO. The van der Waals surface area contributed by atoms with Gasteiger partial charge < -0.3 is 4.42 Å². The highest BCUT2D eigenvalue weighted by molar-refractivity contribution is 6.06. The maximum absolute atomic E-state index is 5.91. The van der Waals surface area contributed by atoms with Gasteiger partial charge in [0.2, 0.25) is 0 Å². The van der Waals surface area contributed by atoms with Crippen molar-refractivity contribution < 1.29 is 4.42 Å². The molecule has 0 radical (unpaired) electrons. The number of hydrogen-bond acceptors (Lipinski definition) is 2. The molecule has 2 aromatic heterocycles. The van der Waals surface area contributed by atoms with E-state index >= 15 is 0 Å². The van der Waals surface area contributed by atoms with Crippen molar-refractivity contribution in [3.8, 4) is 22.3 Å². The van der Waals surface area contributed by atoms with Crippen LogP contribution in [0.5, 0.6) is 0 Å². The van der Waals surface area contributed by atoms with Crippen LogP contribution in [0.4, 0.5) is 0 Å². The molecule has 0 spiro atoms. The van der Waals surface area contributed by atoms with Gasteiger partial charge in [0.25, 0.3) is 0 Å². The van der Waals surface area contributed by atoms with Crippen LogP contribution in [0, 0.1) is 0 Å². The number of rotatable bonds is 2. The molecule has 0 aliphatic heterocycles. The minimum atomic E-state index is 0.929. The Morgan fingerprint density at radius 2 is 1.12 bits per heavy atom. The lowest BCUT2D eigenvalue weighted by Gasteiger charge is -2.05. The second-order valence-corrected chi connectivity index (χ2v) is 6.12. The topological polar surface area (TPSA) is 26.0 Å². The molecule has 0 N–H and O–H groups in total. The number of hydrogen-bond donors (Lipinski definition) is 0. The fourth-order valence-corrected chi connectivity index (χ4v) is 3.31. The Bertz CT molecular complexity index is 1170. The van der Waals surface area contributed by atoms with Crippen molar-refractivity contribution in [3.05, 3.63) is 91.3 Å². The van der Waals surface area contributed by atoms with E-state index in [1.54, 1.807) is 0 Å². The Morgan fingerprint density at radius 3 is 1.92 bits per heavy atom. The zero-order chi connectivity index (χ0) is 16.6. The summed E-state index contributed by atoms with van der Waals surface area (Å²) in [5.74, 6) is 0. The molecule has 2 nitrogen and oxygen atoms in total. The molecule has 0 saturated heterocycles. The highest BCUT2D eigenvalue weighted by atomic mass is 16.3. The molecular weight excluding hydrogens is 306 g/mol. The highest BCUT2D eigenvalue weighted by Crippen LogP contribution is 2.32. The molecule has 2 heteroatoms. The van der Waals surface area contributed by atoms with E-state index in [2.05, 4.69) is 53.5 Å². The van der Waals surface area contributed by atoms with Gasteiger partial charge in [0.1, 0.15) is 11.2 Å². The Kier molecular flexibility index (Phi) is 3.14. The fourth-order valence-electron chi connectivity index (χ4n) is 3.31. The largest absolute Gasteiger partial charge is 0.456 e. The lowest BCUT2D eigenvalue weighted by Crippen LogP contribution is -1.81.